The minimum atomic E-state index is -0.0535. The predicted octanol–water partition coefficient (Wildman–Crippen LogP) is 4.92. The number of amides is 1. The number of para-hydroxylation sites is 1. The first kappa shape index (κ1) is 17.7. The van der Waals surface area contributed by atoms with Crippen molar-refractivity contribution >= 4 is 17.3 Å². The zero-order valence-electron chi connectivity index (χ0n) is 15.1. The zero-order valence-corrected chi connectivity index (χ0v) is 15.1. The van der Waals surface area contributed by atoms with Gasteiger partial charge in [0.05, 0.1) is 11.3 Å². The number of pyridine rings is 1. The molecular weight excluding hydrogens is 322 g/mol. The Labute approximate surface area is 154 Å². The summed E-state index contributed by atoms with van der Waals surface area (Å²) >= 11 is 0. The molecule has 0 radical (unpaired) electrons. The summed E-state index contributed by atoms with van der Waals surface area (Å²) in [6.45, 7) is 4.66. The molecule has 4 nitrogen and oxygen atoms in total. The number of carbonyl (C=O) groups excluding carboxylic acids is 1. The van der Waals surface area contributed by atoms with E-state index in [1.54, 1.807) is 17.3 Å². The Morgan fingerprint density at radius 1 is 1.04 bits per heavy atom. The first-order valence-electron chi connectivity index (χ1n) is 8.82. The van der Waals surface area contributed by atoms with Crippen molar-refractivity contribution in [3.8, 4) is 0 Å². The second-order valence-electron chi connectivity index (χ2n) is 6.12. The van der Waals surface area contributed by atoms with E-state index in [1.807, 2.05) is 61.5 Å². The average Bonchev–Trinajstić information content (AvgIpc) is 2.70. The molecule has 1 unspecified atom stereocenters. The molecule has 2 aromatic carbocycles. The van der Waals surface area contributed by atoms with Crippen LogP contribution >= 0.6 is 0 Å². The van der Waals surface area contributed by atoms with Gasteiger partial charge in [0, 0.05) is 30.7 Å². The van der Waals surface area contributed by atoms with Gasteiger partial charge in [0.15, 0.2) is 0 Å². The molecule has 0 aliphatic carbocycles. The minimum Gasteiger partial charge on any atom is -0.377 e. The molecule has 1 amide bonds. The highest BCUT2D eigenvalue weighted by molar-refractivity contribution is 6.06. The highest BCUT2D eigenvalue weighted by atomic mass is 16.2. The fraction of sp³-hybridized carbons (Fsp3) is 0.182. The average molecular weight is 345 g/mol. The molecule has 26 heavy (non-hydrogen) atoms. The maximum absolute atomic E-state index is 12.9. The number of aromatic nitrogens is 1. The van der Waals surface area contributed by atoms with Crippen LogP contribution in [0.3, 0.4) is 0 Å². The molecule has 1 aromatic heterocycles. The third-order valence-electron chi connectivity index (χ3n) is 4.30. The van der Waals surface area contributed by atoms with Crippen LogP contribution in [-0.4, -0.2) is 17.4 Å². The summed E-state index contributed by atoms with van der Waals surface area (Å²) in [5, 5.41) is 3.42. The second-order valence-corrected chi connectivity index (χ2v) is 6.12. The van der Waals surface area contributed by atoms with Gasteiger partial charge in [-0.2, -0.15) is 0 Å². The Hall–Kier alpha value is -3.14. The molecule has 3 aromatic rings. The second kappa shape index (κ2) is 8.30. The molecular formula is C22H23N3O. The van der Waals surface area contributed by atoms with Gasteiger partial charge in [0.1, 0.15) is 0 Å². The van der Waals surface area contributed by atoms with Gasteiger partial charge in [-0.3, -0.25) is 9.78 Å². The largest absolute Gasteiger partial charge is 0.377 e. The smallest absolute Gasteiger partial charge is 0.259 e. The van der Waals surface area contributed by atoms with E-state index in [0.29, 0.717) is 12.1 Å². The van der Waals surface area contributed by atoms with Crippen LogP contribution in [-0.2, 0) is 0 Å². The van der Waals surface area contributed by atoms with Crippen molar-refractivity contribution in [3.05, 3.63) is 90.3 Å². The summed E-state index contributed by atoms with van der Waals surface area (Å²) in [6.07, 6.45) is 3.36. The third-order valence-corrected chi connectivity index (χ3v) is 4.30. The molecule has 4 heteroatoms. The maximum atomic E-state index is 12.9. The monoisotopic (exact) mass is 345 g/mol. The standard InChI is InChI=1S/C22H23N3O/c1-3-25(21-12-8-5-9-13-21)22(26)19-14-20(16-23-15-19)24-17(2)18-10-6-4-7-11-18/h4-17,24H,3H2,1-2H3. The molecule has 1 N–H and O–H groups in total. The van der Waals surface area contributed by atoms with Crippen LogP contribution in [0.25, 0.3) is 0 Å². The van der Waals surface area contributed by atoms with E-state index in [0.717, 1.165) is 11.4 Å². The van der Waals surface area contributed by atoms with E-state index in [2.05, 4.69) is 29.4 Å². The number of rotatable bonds is 6. The van der Waals surface area contributed by atoms with Gasteiger partial charge >= 0.3 is 0 Å². The summed E-state index contributed by atoms with van der Waals surface area (Å²) < 4.78 is 0. The number of hydrogen-bond donors (Lipinski definition) is 1. The van der Waals surface area contributed by atoms with Crippen LogP contribution in [0.1, 0.15) is 35.8 Å². The van der Waals surface area contributed by atoms with Gasteiger partial charge in [-0.1, -0.05) is 48.5 Å². The maximum Gasteiger partial charge on any atom is 0.259 e. The van der Waals surface area contributed by atoms with Gasteiger partial charge < -0.3 is 10.2 Å². The van der Waals surface area contributed by atoms with Crippen LogP contribution in [0.5, 0.6) is 0 Å². The fourth-order valence-corrected chi connectivity index (χ4v) is 2.92. The number of benzene rings is 2. The van der Waals surface area contributed by atoms with E-state index < -0.39 is 0 Å². The van der Waals surface area contributed by atoms with Gasteiger partial charge in [0.2, 0.25) is 0 Å². The first-order chi connectivity index (χ1) is 12.7. The summed E-state index contributed by atoms with van der Waals surface area (Å²) in [7, 11) is 0. The van der Waals surface area contributed by atoms with Crippen molar-refractivity contribution in [2.75, 3.05) is 16.8 Å². The fourth-order valence-electron chi connectivity index (χ4n) is 2.92. The third kappa shape index (κ3) is 4.09. The zero-order chi connectivity index (χ0) is 18.4. The number of nitrogens with zero attached hydrogens (tertiary/aromatic N) is 2. The Balaban J connectivity index is 1.79. The molecule has 1 heterocycles. The lowest BCUT2D eigenvalue weighted by atomic mass is 10.1. The van der Waals surface area contributed by atoms with Gasteiger partial charge in [-0.15, -0.1) is 0 Å². The normalized spacial score (nSPS) is 11.6. The number of carbonyl (C=O) groups is 1. The summed E-state index contributed by atoms with van der Waals surface area (Å²) in [4.78, 5) is 18.9. The van der Waals surface area contributed by atoms with Crippen LogP contribution in [0, 0.1) is 0 Å². The summed E-state index contributed by atoms with van der Waals surface area (Å²) in [6, 6.07) is 21.9. The quantitative estimate of drug-likeness (QED) is 0.689. The van der Waals surface area contributed by atoms with E-state index >= 15 is 0 Å². The van der Waals surface area contributed by atoms with Gasteiger partial charge in [-0.05, 0) is 37.6 Å². The Kier molecular flexibility index (Phi) is 5.64. The molecule has 3 rings (SSSR count). The van der Waals surface area contributed by atoms with E-state index in [-0.39, 0.29) is 11.9 Å². The molecule has 0 bridgehead atoms. The molecule has 1 atom stereocenters. The lowest BCUT2D eigenvalue weighted by Gasteiger charge is -2.21. The molecule has 0 aliphatic heterocycles. The van der Waals surface area contributed by atoms with E-state index in [4.69, 9.17) is 0 Å². The summed E-state index contributed by atoms with van der Waals surface area (Å²) in [5.74, 6) is -0.0535. The van der Waals surface area contributed by atoms with E-state index in [1.165, 1.54) is 5.56 Å². The van der Waals surface area contributed by atoms with Crippen molar-refractivity contribution in [1.29, 1.82) is 0 Å². The number of nitrogens with one attached hydrogen (secondary N) is 1. The van der Waals surface area contributed by atoms with Crippen LogP contribution in [0.4, 0.5) is 11.4 Å². The lowest BCUT2D eigenvalue weighted by molar-refractivity contribution is 0.0988. The van der Waals surface area contributed by atoms with Crippen molar-refractivity contribution in [2.45, 2.75) is 19.9 Å². The molecule has 132 valence electrons. The Bertz CT molecular complexity index is 850. The molecule has 0 spiro atoms. The van der Waals surface area contributed by atoms with Crippen LogP contribution in [0.2, 0.25) is 0 Å². The van der Waals surface area contributed by atoms with Gasteiger partial charge in [0.25, 0.3) is 5.91 Å². The lowest BCUT2D eigenvalue weighted by Crippen LogP contribution is -2.30. The van der Waals surface area contributed by atoms with Gasteiger partial charge in [-0.25, -0.2) is 0 Å². The van der Waals surface area contributed by atoms with Crippen molar-refractivity contribution in [1.82, 2.24) is 4.98 Å². The molecule has 0 fully saturated rings. The topological polar surface area (TPSA) is 45.2 Å². The number of anilines is 2. The van der Waals surface area contributed by atoms with Crippen molar-refractivity contribution in [2.24, 2.45) is 0 Å². The Morgan fingerprint density at radius 2 is 1.69 bits per heavy atom. The SMILES string of the molecule is CCN(C(=O)c1cncc(NC(C)c2ccccc2)c1)c1ccccc1. The number of hydrogen-bond acceptors (Lipinski definition) is 3. The molecule has 0 aliphatic rings. The van der Waals surface area contributed by atoms with Crippen LogP contribution in [0.15, 0.2) is 79.1 Å². The first-order valence-corrected chi connectivity index (χ1v) is 8.82. The highest BCUT2D eigenvalue weighted by Crippen LogP contribution is 2.21. The predicted molar refractivity (Wildman–Crippen MR) is 107 cm³/mol. The van der Waals surface area contributed by atoms with E-state index in [9.17, 15) is 4.79 Å². The van der Waals surface area contributed by atoms with Crippen molar-refractivity contribution < 1.29 is 4.79 Å². The molecule has 0 saturated heterocycles. The van der Waals surface area contributed by atoms with Crippen LogP contribution < -0.4 is 10.2 Å². The minimum absolute atomic E-state index is 0.0535. The Morgan fingerprint density at radius 3 is 2.35 bits per heavy atom. The molecule has 0 saturated carbocycles. The highest BCUT2D eigenvalue weighted by Gasteiger charge is 2.17. The van der Waals surface area contributed by atoms with Crippen molar-refractivity contribution in [3.63, 3.8) is 0 Å². The summed E-state index contributed by atoms with van der Waals surface area (Å²) in [5.41, 5.74) is 3.47.